The predicted octanol–water partition coefficient (Wildman–Crippen LogP) is 1.93. The van der Waals surface area contributed by atoms with Gasteiger partial charge in [0.05, 0.1) is 11.1 Å². The van der Waals surface area contributed by atoms with Crippen LogP contribution in [0.3, 0.4) is 0 Å². The quantitative estimate of drug-likeness (QED) is 0.816. The number of nitrogens with zero attached hydrogens (tertiary/aromatic N) is 2. The summed E-state index contributed by atoms with van der Waals surface area (Å²) in [7, 11) is 0. The van der Waals surface area contributed by atoms with E-state index < -0.39 is 6.10 Å². The Morgan fingerprint density at radius 2 is 2.00 bits per heavy atom. The molecule has 0 bridgehead atoms. The molecule has 1 atom stereocenters. The molecule has 0 amide bonds. The van der Waals surface area contributed by atoms with E-state index in [9.17, 15) is 5.11 Å². The lowest BCUT2D eigenvalue weighted by Crippen LogP contribution is -1.96. The van der Waals surface area contributed by atoms with Crippen molar-refractivity contribution in [1.82, 2.24) is 9.59 Å². The molecule has 0 aliphatic heterocycles. The third-order valence-electron chi connectivity index (χ3n) is 2.04. The first kappa shape index (κ1) is 9.30. The second kappa shape index (κ2) is 3.86. The number of aromatic nitrogens is 2. The molecule has 1 N–H and O–H groups in total. The van der Waals surface area contributed by atoms with Crippen LogP contribution in [0.4, 0.5) is 0 Å². The van der Waals surface area contributed by atoms with E-state index in [2.05, 4.69) is 9.59 Å². The molecule has 0 saturated carbocycles. The fourth-order valence-corrected chi connectivity index (χ4v) is 1.73. The van der Waals surface area contributed by atoms with Gasteiger partial charge in [0.15, 0.2) is 0 Å². The van der Waals surface area contributed by atoms with Gasteiger partial charge in [-0.2, -0.15) is 0 Å². The number of hydrogen-bond acceptors (Lipinski definition) is 4. The molecule has 1 unspecified atom stereocenters. The van der Waals surface area contributed by atoms with Crippen molar-refractivity contribution in [1.29, 1.82) is 0 Å². The van der Waals surface area contributed by atoms with E-state index in [1.807, 2.05) is 31.2 Å². The van der Waals surface area contributed by atoms with Gasteiger partial charge in [0.1, 0.15) is 6.10 Å². The number of aliphatic hydroxyl groups is 1. The summed E-state index contributed by atoms with van der Waals surface area (Å²) in [6.07, 6.45) is 0.991. The van der Waals surface area contributed by atoms with Crippen LogP contribution in [-0.4, -0.2) is 14.7 Å². The van der Waals surface area contributed by atoms with Gasteiger partial charge in [0.2, 0.25) is 0 Å². The van der Waals surface area contributed by atoms with E-state index in [4.69, 9.17) is 0 Å². The fourth-order valence-electron chi connectivity index (χ4n) is 1.21. The normalized spacial score (nSPS) is 12.7. The highest BCUT2D eigenvalue weighted by Gasteiger charge is 2.11. The Morgan fingerprint density at radius 1 is 1.29 bits per heavy atom. The minimum Gasteiger partial charge on any atom is -0.383 e. The van der Waals surface area contributed by atoms with Gasteiger partial charge in [-0.05, 0) is 24.0 Å². The van der Waals surface area contributed by atoms with Crippen molar-refractivity contribution in [2.24, 2.45) is 0 Å². The van der Waals surface area contributed by atoms with Gasteiger partial charge in [0.25, 0.3) is 0 Å². The number of rotatable bonds is 2. The van der Waals surface area contributed by atoms with E-state index in [-0.39, 0.29) is 0 Å². The highest BCUT2D eigenvalue weighted by molar-refractivity contribution is 7.05. The van der Waals surface area contributed by atoms with E-state index >= 15 is 0 Å². The number of aliphatic hydroxyl groups excluding tert-OH is 1. The molecule has 0 spiro atoms. The second-order valence-electron chi connectivity index (χ2n) is 3.13. The minimum absolute atomic E-state index is 0.601. The molecule has 0 saturated heterocycles. The monoisotopic (exact) mass is 206 g/mol. The highest BCUT2D eigenvalue weighted by Crippen LogP contribution is 2.23. The van der Waals surface area contributed by atoms with E-state index in [0.29, 0.717) is 0 Å². The van der Waals surface area contributed by atoms with Crippen LogP contribution in [-0.2, 0) is 0 Å². The van der Waals surface area contributed by atoms with Gasteiger partial charge in [-0.15, -0.1) is 5.10 Å². The van der Waals surface area contributed by atoms with Crippen LogP contribution in [0.5, 0.6) is 0 Å². The average molecular weight is 206 g/mol. The molecule has 1 aromatic heterocycles. The fraction of sp³-hybridized carbons (Fsp3) is 0.200. The summed E-state index contributed by atoms with van der Waals surface area (Å²) >= 11 is 1.22. The van der Waals surface area contributed by atoms with Crippen LogP contribution in [0.2, 0.25) is 0 Å². The number of hydrogen-bond donors (Lipinski definition) is 1. The Labute approximate surface area is 86.2 Å². The van der Waals surface area contributed by atoms with Gasteiger partial charge < -0.3 is 5.11 Å². The molecule has 72 valence electrons. The zero-order valence-electron chi connectivity index (χ0n) is 7.71. The van der Waals surface area contributed by atoms with Gasteiger partial charge in [-0.1, -0.05) is 34.3 Å². The van der Waals surface area contributed by atoms with Crippen molar-refractivity contribution in [3.05, 3.63) is 46.5 Å². The maximum Gasteiger partial charge on any atom is 0.116 e. The molecule has 2 aromatic rings. The van der Waals surface area contributed by atoms with E-state index in [1.54, 1.807) is 6.20 Å². The Morgan fingerprint density at radius 3 is 2.57 bits per heavy atom. The summed E-state index contributed by atoms with van der Waals surface area (Å²) in [5, 5.41) is 13.6. The maximum atomic E-state index is 9.90. The zero-order chi connectivity index (χ0) is 9.97. The highest BCUT2D eigenvalue weighted by atomic mass is 32.1. The minimum atomic E-state index is -0.601. The van der Waals surface area contributed by atoms with Gasteiger partial charge in [0, 0.05) is 0 Å². The lowest BCUT2D eigenvalue weighted by atomic mass is 10.1. The van der Waals surface area contributed by atoms with Crippen LogP contribution in [0.15, 0.2) is 30.5 Å². The Bertz CT molecular complexity index is 397. The van der Waals surface area contributed by atoms with Crippen LogP contribution in [0.1, 0.15) is 22.1 Å². The smallest absolute Gasteiger partial charge is 0.116 e. The summed E-state index contributed by atoms with van der Waals surface area (Å²) in [6, 6.07) is 7.79. The summed E-state index contributed by atoms with van der Waals surface area (Å²) in [5.74, 6) is 0. The average Bonchev–Trinajstić information content (AvgIpc) is 2.71. The molecule has 0 radical (unpaired) electrons. The molecular weight excluding hydrogens is 196 g/mol. The van der Waals surface area contributed by atoms with Crippen molar-refractivity contribution in [3.63, 3.8) is 0 Å². The molecule has 1 aromatic carbocycles. The van der Waals surface area contributed by atoms with Crippen LogP contribution < -0.4 is 0 Å². The molecule has 4 heteroatoms. The molecule has 2 rings (SSSR count). The van der Waals surface area contributed by atoms with Crippen LogP contribution in [0.25, 0.3) is 0 Å². The molecule has 0 fully saturated rings. The summed E-state index contributed by atoms with van der Waals surface area (Å²) < 4.78 is 3.72. The summed E-state index contributed by atoms with van der Waals surface area (Å²) in [6.45, 7) is 2.02. The molecule has 0 aliphatic rings. The third kappa shape index (κ3) is 1.81. The zero-order valence-corrected chi connectivity index (χ0v) is 8.53. The van der Waals surface area contributed by atoms with Crippen LogP contribution in [0, 0.1) is 6.92 Å². The van der Waals surface area contributed by atoms with Crippen molar-refractivity contribution >= 4 is 11.5 Å². The first-order valence-electron chi connectivity index (χ1n) is 4.29. The summed E-state index contributed by atoms with van der Waals surface area (Å²) in [5.41, 5.74) is 2.06. The Hall–Kier alpha value is -1.26. The summed E-state index contributed by atoms with van der Waals surface area (Å²) in [4.78, 5) is 0.772. The molecule has 3 nitrogen and oxygen atoms in total. The largest absolute Gasteiger partial charge is 0.383 e. The first-order valence-corrected chi connectivity index (χ1v) is 5.06. The van der Waals surface area contributed by atoms with Crippen molar-refractivity contribution in [3.8, 4) is 0 Å². The molecule has 0 aliphatic carbocycles. The molecule has 1 heterocycles. The van der Waals surface area contributed by atoms with Gasteiger partial charge in [-0.25, -0.2) is 0 Å². The SMILES string of the molecule is Cc1ccc(C(O)c2cnns2)cc1. The van der Waals surface area contributed by atoms with E-state index in [1.165, 1.54) is 17.1 Å². The second-order valence-corrected chi connectivity index (χ2v) is 3.95. The number of aryl methyl sites for hydroxylation is 1. The maximum absolute atomic E-state index is 9.90. The molecular formula is C10H10N2OS. The van der Waals surface area contributed by atoms with E-state index in [0.717, 1.165) is 10.4 Å². The van der Waals surface area contributed by atoms with Crippen molar-refractivity contribution < 1.29 is 5.11 Å². The standard InChI is InChI=1S/C10H10N2OS/c1-7-2-4-8(5-3-7)10(13)9-6-11-12-14-9/h2-6,10,13H,1H3. The van der Waals surface area contributed by atoms with Gasteiger partial charge >= 0.3 is 0 Å². The lowest BCUT2D eigenvalue weighted by Gasteiger charge is -2.07. The lowest BCUT2D eigenvalue weighted by molar-refractivity contribution is 0.224. The van der Waals surface area contributed by atoms with Crippen molar-refractivity contribution in [2.75, 3.05) is 0 Å². The van der Waals surface area contributed by atoms with Gasteiger partial charge in [-0.3, -0.25) is 0 Å². The first-order chi connectivity index (χ1) is 6.77. The van der Waals surface area contributed by atoms with Crippen LogP contribution >= 0.6 is 11.5 Å². The number of benzene rings is 1. The van der Waals surface area contributed by atoms with Crippen molar-refractivity contribution in [2.45, 2.75) is 13.0 Å². The Kier molecular flexibility index (Phi) is 2.56. The molecule has 14 heavy (non-hydrogen) atoms. The Balaban J connectivity index is 2.28. The predicted molar refractivity (Wildman–Crippen MR) is 55.1 cm³/mol. The topological polar surface area (TPSA) is 46.0 Å². The third-order valence-corrected chi connectivity index (χ3v) is 2.76.